The largest absolute Gasteiger partial charge is 0.417 e. The second kappa shape index (κ2) is 6.05. The van der Waals surface area contributed by atoms with Gasteiger partial charge in [0.1, 0.15) is 0 Å². The Morgan fingerprint density at radius 1 is 1.33 bits per heavy atom. The summed E-state index contributed by atoms with van der Waals surface area (Å²) in [5, 5.41) is 2.57. The van der Waals surface area contributed by atoms with Crippen molar-refractivity contribution >= 4 is 27.7 Å². The van der Waals surface area contributed by atoms with Gasteiger partial charge in [-0.1, -0.05) is 15.9 Å². The van der Waals surface area contributed by atoms with Gasteiger partial charge in [-0.3, -0.25) is 9.59 Å². The zero-order chi connectivity index (χ0) is 15.6. The molecule has 2 rings (SSSR count). The molecule has 1 N–H and O–H groups in total. The van der Waals surface area contributed by atoms with Crippen LogP contribution in [0.5, 0.6) is 0 Å². The van der Waals surface area contributed by atoms with Gasteiger partial charge in [0, 0.05) is 17.6 Å². The second-order valence-electron chi connectivity index (χ2n) is 4.62. The van der Waals surface area contributed by atoms with Gasteiger partial charge in [-0.25, -0.2) is 0 Å². The van der Waals surface area contributed by atoms with E-state index in [1.165, 1.54) is 6.07 Å². The van der Waals surface area contributed by atoms with Crippen LogP contribution >= 0.6 is 15.9 Å². The van der Waals surface area contributed by atoms with Gasteiger partial charge in [-0.2, -0.15) is 13.2 Å². The van der Waals surface area contributed by atoms with Crippen molar-refractivity contribution in [3.8, 4) is 0 Å². The average Bonchev–Trinajstić information content (AvgIpc) is 2.61. The molecule has 0 aliphatic carbocycles. The second-order valence-corrected chi connectivity index (χ2v) is 5.53. The molecule has 4 nitrogen and oxygen atoms in total. The number of carbonyl (C=O) groups is 2. The lowest BCUT2D eigenvalue weighted by atomic mass is 10.1. The lowest BCUT2D eigenvalue weighted by Crippen LogP contribution is -2.38. The van der Waals surface area contributed by atoms with E-state index >= 15 is 0 Å². The van der Waals surface area contributed by atoms with Crippen LogP contribution in [-0.2, 0) is 11.0 Å². The van der Waals surface area contributed by atoms with Gasteiger partial charge in [-0.05, 0) is 24.6 Å². The number of amides is 2. The topological polar surface area (TPSA) is 49.4 Å². The molecule has 0 aromatic heterocycles. The van der Waals surface area contributed by atoms with Crippen LogP contribution in [0.25, 0.3) is 0 Å². The molecular formula is C13H12BrF3N2O2. The van der Waals surface area contributed by atoms with Crippen molar-refractivity contribution in [2.75, 3.05) is 19.6 Å². The maximum Gasteiger partial charge on any atom is 0.417 e. The van der Waals surface area contributed by atoms with E-state index in [1.54, 1.807) is 0 Å². The van der Waals surface area contributed by atoms with Crippen molar-refractivity contribution in [1.82, 2.24) is 10.2 Å². The Bertz CT molecular complexity index is 575. The number of alkyl halides is 3. The Morgan fingerprint density at radius 2 is 2.05 bits per heavy atom. The first kappa shape index (κ1) is 15.8. The molecule has 0 radical (unpaired) electrons. The lowest BCUT2D eigenvalue weighted by molar-refractivity contribution is -0.138. The summed E-state index contributed by atoms with van der Waals surface area (Å²) in [6.45, 7) is 0.423. The predicted molar refractivity (Wildman–Crippen MR) is 72.7 cm³/mol. The minimum absolute atomic E-state index is 0.230. The van der Waals surface area contributed by atoms with E-state index < -0.39 is 23.2 Å². The summed E-state index contributed by atoms with van der Waals surface area (Å²) in [6, 6.07) is 3.36. The quantitative estimate of drug-likeness (QED) is 0.831. The Labute approximate surface area is 127 Å². The maximum atomic E-state index is 13.0. The molecule has 1 aliphatic rings. The third-order valence-corrected chi connectivity index (χ3v) is 3.56. The highest BCUT2D eigenvalue weighted by Gasteiger charge is 2.36. The first-order chi connectivity index (χ1) is 9.79. The average molecular weight is 365 g/mol. The minimum atomic E-state index is -4.64. The summed E-state index contributed by atoms with van der Waals surface area (Å²) in [4.78, 5) is 24.9. The molecule has 1 aromatic carbocycles. The highest BCUT2D eigenvalue weighted by Crippen LogP contribution is 2.34. The van der Waals surface area contributed by atoms with E-state index in [9.17, 15) is 22.8 Å². The Hall–Kier alpha value is -1.57. The molecule has 1 aliphatic heterocycles. The van der Waals surface area contributed by atoms with E-state index in [-0.39, 0.29) is 23.5 Å². The number of nitrogens with one attached hydrogen (secondary N) is 1. The summed E-state index contributed by atoms with van der Waals surface area (Å²) < 4.78 is 39.4. The van der Waals surface area contributed by atoms with Gasteiger partial charge in [0.2, 0.25) is 5.91 Å². The monoisotopic (exact) mass is 364 g/mol. The van der Waals surface area contributed by atoms with Gasteiger partial charge in [0.25, 0.3) is 5.91 Å². The fraction of sp³-hybridized carbons (Fsp3) is 0.385. The minimum Gasteiger partial charge on any atom is -0.354 e. The first-order valence-electron chi connectivity index (χ1n) is 6.22. The van der Waals surface area contributed by atoms with Crippen LogP contribution < -0.4 is 5.32 Å². The van der Waals surface area contributed by atoms with E-state index in [2.05, 4.69) is 21.2 Å². The van der Waals surface area contributed by atoms with E-state index in [0.29, 0.717) is 13.0 Å². The van der Waals surface area contributed by atoms with Crippen LogP contribution in [0.4, 0.5) is 13.2 Å². The normalized spacial score (nSPS) is 16.4. The van der Waals surface area contributed by atoms with Crippen LogP contribution in [0, 0.1) is 0 Å². The molecule has 0 bridgehead atoms. The number of hydrogen-bond acceptors (Lipinski definition) is 2. The van der Waals surface area contributed by atoms with Crippen LogP contribution in [0.15, 0.2) is 22.7 Å². The number of carbonyl (C=O) groups excluding carboxylic acids is 2. The van der Waals surface area contributed by atoms with Crippen molar-refractivity contribution in [3.05, 3.63) is 33.8 Å². The zero-order valence-electron chi connectivity index (χ0n) is 10.8. The summed E-state index contributed by atoms with van der Waals surface area (Å²) in [7, 11) is 0. The molecule has 1 heterocycles. The molecule has 114 valence electrons. The third-order valence-electron chi connectivity index (χ3n) is 3.07. The van der Waals surface area contributed by atoms with Crippen molar-refractivity contribution in [2.45, 2.75) is 12.6 Å². The molecule has 0 spiro atoms. The molecule has 1 aromatic rings. The van der Waals surface area contributed by atoms with Gasteiger partial charge in [-0.15, -0.1) is 0 Å². The van der Waals surface area contributed by atoms with Crippen LogP contribution in [0.2, 0.25) is 0 Å². The molecule has 0 unspecified atom stereocenters. The first-order valence-corrected chi connectivity index (χ1v) is 7.01. The number of rotatable bonds is 1. The molecule has 2 amide bonds. The molecule has 1 fully saturated rings. The van der Waals surface area contributed by atoms with Gasteiger partial charge in [0.15, 0.2) is 0 Å². The summed E-state index contributed by atoms with van der Waals surface area (Å²) in [6.07, 6.45) is -4.13. The van der Waals surface area contributed by atoms with Crippen molar-refractivity contribution in [3.63, 3.8) is 0 Å². The summed E-state index contributed by atoms with van der Waals surface area (Å²) in [5.41, 5.74) is -1.45. The van der Waals surface area contributed by atoms with Crippen molar-refractivity contribution in [1.29, 1.82) is 0 Å². The Balaban J connectivity index is 2.36. The molecule has 1 saturated heterocycles. The van der Waals surface area contributed by atoms with Gasteiger partial charge < -0.3 is 10.2 Å². The third kappa shape index (κ3) is 3.75. The molecule has 0 saturated carbocycles. The number of halogens is 4. The number of benzene rings is 1. The standard InChI is InChI=1S/C13H12BrF3N2O2/c14-8-2-3-9(10(6-8)13(15,16)17)12(21)19-5-1-4-18-11(20)7-19/h2-3,6H,1,4-5,7H2,(H,18,20). The summed E-state index contributed by atoms with van der Waals surface area (Å²) >= 11 is 2.97. The lowest BCUT2D eigenvalue weighted by Gasteiger charge is -2.21. The number of nitrogens with zero attached hydrogens (tertiary/aromatic N) is 1. The van der Waals surface area contributed by atoms with Gasteiger partial charge >= 0.3 is 6.18 Å². The highest BCUT2D eigenvalue weighted by atomic mass is 79.9. The Morgan fingerprint density at radius 3 is 2.71 bits per heavy atom. The van der Waals surface area contributed by atoms with Crippen LogP contribution in [0.1, 0.15) is 22.3 Å². The van der Waals surface area contributed by atoms with E-state index in [4.69, 9.17) is 0 Å². The van der Waals surface area contributed by atoms with E-state index in [1.807, 2.05) is 0 Å². The van der Waals surface area contributed by atoms with Crippen LogP contribution in [-0.4, -0.2) is 36.3 Å². The van der Waals surface area contributed by atoms with Crippen molar-refractivity contribution < 1.29 is 22.8 Å². The SMILES string of the molecule is O=C1CN(C(=O)c2ccc(Br)cc2C(F)(F)F)CCCN1. The fourth-order valence-electron chi connectivity index (χ4n) is 2.09. The van der Waals surface area contributed by atoms with Crippen molar-refractivity contribution in [2.24, 2.45) is 0 Å². The fourth-order valence-corrected chi connectivity index (χ4v) is 2.45. The molecule has 21 heavy (non-hydrogen) atoms. The van der Waals surface area contributed by atoms with Crippen LogP contribution in [0.3, 0.4) is 0 Å². The molecule has 8 heteroatoms. The molecule has 0 atom stereocenters. The smallest absolute Gasteiger partial charge is 0.354 e. The zero-order valence-corrected chi connectivity index (χ0v) is 12.4. The predicted octanol–water partition coefficient (Wildman–Crippen LogP) is 2.43. The summed E-state index contributed by atoms with van der Waals surface area (Å²) in [5.74, 6) is -1.15. The Kier molecular flexibility index (Phi) is 4.55. The molecular weight excluding hydrogens is 353 g/mol. The highest BCUT2D eigenvalue weighted by molar-refractivity contribution is 9.10. The maximum absolute atomic E-state index is 13.0. The van der Waals surface area contributed by atoms with E-state index in [0.717, 1.165) is 17.0 Å². The number of hydrogen-bond donors (Lipinski definition) is 1. The van der Waals surface area contributed by atoms with Gasteiger partial charge in [0.05, 0.1) is 17.7 Å².